The zero-order valence-corrected chi connectivity index (χ0v) is 12.7. The van der Waals surface area contributed by atoms with E-state index in [1.807, 2.05) is 24.8 Å². The van der Waals surface area contributed by atoms with Gasteiger partial charge in [0.1, 0.15) is 0 Å². The van der Waals surface area contributed by atoms with Gasteiger partial charge in [-0.25, -0.2) is 0 Å². The SMILES string of the molecule is Cc1cc(C)c(C(=O)CN2CCN(C)C(=O)C2)cc1C. The number of hydrogen-bond acceptors (Lipinski definition) is 3. The van der Waals surface area contributed by atoms with Crippen LogP contribution in [0, 0.1) is 20.8 Å². The van der Waals surface area contributed by atoms with E-state index in [1.165, 1.54) is 5.56 Å². The molecule has 0 atom stereocenters. The van der Waals surface area contributed by atoms with Gasteiger partial charge >= 0.3 is 0 Å². The quantitative estimate of drug-likeness (QED) is 0.786. The number of carbonyl (C=O) groups excluding carboxylic acids is 2. The Morgan fingerprint density at radius 2 is 1.75 bits per heavy atom. The fourth-order valence-electron chi connectivity index (χ4n) is 2.49. The van der Waals surface area contributed by atoms with Crippen molar-refractivity contribution in [3.8, 4) is 0 Å². The molecule has 0 radical (unpaired) electrons. The van der Waals surface area contributed by atoms with Gasteiger partial charge in [0.25, 0.3) is 0 Å². The summed E-state index contributed by atoms with van der Waals surface area (Å²) in [5.41, 5.74) is 4.13. The number of benzene rings is 1. The molecule has 1 aliphatic heterocycles. The number of aryl methyl sites for hydroxylation is 3. The second kappa shape index (κ2) is 5.75. The van der Waals surface area contributed by atoms with Crippen molar-refractivity contribution in [2.75, 3.05) is 33.2 Å². The lowest BCUT2D eigenvalue weighted by molar-refractivity contribution is -0.134. The number of nitrogens with zero attached hydrogens (tertiary/aromatic N) is 2. The number of carbonyl (C=O) groups is 2. The number of likely N-dealkylation sites (N-methyl/N-ethyl adjacent to an activating group) is 1. The molecule has 0 N–H and O–H groups in total. The summed E-state index contributed by atoms with van der Waals surface area (Å²) < 4.78 is 0. The molecule has 1 aliphatic rings. The number of amides is 1. The first-order chi connectivity index (χ1) is 9.38. The summed E-state index contributed by atoms with van der Waals surface area (Å²) in [6.45, 7) is 8.15. The maximum Gasteiger partial charge on any atom is 0.236 e. The van der Waals surface area contributed by atoms with Gasteiger partial charge in [0.05, 0.1) is 13.1 Å². The second-order valence-electron chi connectivity index (χ2n) is 5.70. The number of piperazine rings is 1. The van der Waals surface area contributed by atoms with Gasteiger partial charge in [-0.2, -0.15) is 0 Å². The van der Waals surface area contributed by atoms with Crippen LogP contribution in [-0.4, -0.2) is 54.7 Å². The second-order valence-corrected chi connectivity index (χ2v) is 5.70. The topological polar surface area (TPSA) is 40.6 Å². The highest BCUT2D eigenvalue weighted by molar-refractivity contribution is 5.99. The molecule has 1 heterocycles. The predicted octanol–water partition coefficient (Wildman–Crippen LogP) is 1.57. The molecule has 108 valence electrons. The highest BCUT2D eigenvalue weighted by Gasteiger charge is 2.23. The molecule has 1 amide bonds. The minimum Gasteiger partial charge on any atom is -0.343 e. The van der Waals surface area contributed by atoms with E-state index < -0.39 is 0 Å². The van der Waals surface area contributed by atoms with Crippen LogP contribution in [0.4, 0.5) is 0 Å². The molecule has 2 rings (SSSR count). The number of ketones is 1. The van der Waals surface area contributed by atoms with Crippen molar-refractivity contribution in [1.82, 2.24) is 9.80 Å². The molecule has 1 aromatic carbocycles. The molecule has 0 bridgehead atoms. The molecule has 20 heavy (non-hydrogen) atoms. The Hall–Kier alpha value is -1.68. The van der Waals surface area contributed by atoms with Crippen LogP contribution in [0.3, 0.4) is 0 Å². The predicted molar refractivity (Wildman–Crippen MR) is 79.1 cm³/mol. The van der Waals surface area contributed by atoms with E-state index >= 15 is 0 Å². The van der Waals surface area contributed by atoms with Crippen LogP contribution < -0.4 is 0 Å². The van der Waals surface area contributed by atoms with Crippen LogP contribution in [0.25, 0.3) is 0 Å². The van der Waals surface area contributed by atoms with Crippen molar-refractivity contribution < 1.29 is 9.59 Å². The molecular formula is C16H22N2O2. The summed E-state index contributed by atoms with van der Waals surface area (Å²) in [5.74, 6) is 0.184. The number of rotatable bonds is 3. The maximum absolute atomic E-state index is 12.4. The third kappa shape index (κ3) is 3.07. The largest absolute Gasteiger partial charge is 0.343 e. The van der Waals surface area contributed by atoms with Crippen molar-refractivity contribution in [3.63, 3.8) is 0 Å². The summed E-state index contributed by atoms with van der Waals surface area (Å²) in [4.78, 5) is 27.7. The minimum absolute atomic E-state index is 0.0841. The molecule has 1 saturated heterocycles. The Morgan fingerprint density at radius 3 is 2.40 bits per heavy atom. The van der Waals surface area contributed by atoms with E-state index in [1.54, 1.807) is 11.9 Å². The average molecular weight is 274 g/mol. The van der Waals surface area contributed by atoms with Crippen molar-refractivity contribution in [2.45, 2.75) is 20.8 Å². The van der Waals surface area contributed by atoms with Crippen LogP contribution >= 0.6 is 0 Å². The Bertz CT molecular complexity index is 552. The maximum atomic E-state index is 12.4. The van der Waals surface area contributed by atoms with Crippen molar-refractivity contribution in [3.05, 3.63) is 34.4 Å². The van der Waals surface area contributed by atoms with Crippen LogP contribution in [-0.2, 0) is 4.79 Å². The van der Waals surface area contributed by atoms with Gasteiger partial charge in [-0.05, 0) is 43.5 Å². The van der Waals surface area contributed by atoms with E-state index in [0.29, 0.717) is 19.6 Å². The van der Waals surface area contributed by atoms with Crippen LogP contribution in [0.15, 0.2) is 12.1 Å². The van der Waals surface area contributed by atoms with Crippen molar-refractivity contribution in [2.24, 2.45) is 0 Å². The van der Waals surface area contributed by atoms with Crippen molar-refractivity contribution in [1.29, 1.82) is 0 Å². The highest BCUT2D eigenvalue weighted by Crippen LogP contribution is 2.16. The fraction of sp³-hybridized carbons (Fsp3) is 0.500. The van der Waals surface area contributed by atoms with Gasteiger partial charge in [-0.1, -0.05) is 6.07 Å². The van der Waals surface area contributed by atoms with E-state index in [-0.39, 0.29) is 11.7 Å². The molecule has 0 spiro atoms. The smallest absolute Gasteiger partial charge is 0.236 e. The first-order valence-corrected chi connectivity index (χ1v) is 6.96. The molecule has 4 heteroatoms. The zero-order chi connectivity index (χ0) is 14.9. The minimum atomic E-state index is 0.0841. The van der Waals surface area contributed by atoms with Gasteiger partial charge < -0.3 is 4.90 Å². The normalized spacial score (nSPS) is 16.6. The number of hydrogen-bond donors (Lipinski definition) is 0. The summed E-state index contributed by atoms with van der Waals surface area (Å²) in [5, 5.41) is 0. The van der Waals surface area contributed by atoms with E-state index in [9.17, 15) is 9.59 Å². The molecule has 0 aromatic heterocycles. The summed E-state index contributed by atoms with van der Waals surface area (Å²) >= 11 is 0. The lowest BCUT2D eigenvalue weighted by atomic mass is 9.98. The Balaban J connectivity index is 2.09. The standard InChI is InChI=1S/C16H22N2O2/c1-11-7-13(3)14(8-12(11)2)15(19)9-18-6-5-17(4)16(20)10-18/h7-8H,5-6,9-10H2,1-4H3. The van der Waals surface area contributed by atoms with Crippen molar-refractivity contribution >= 4 is 11.7 Å². The molecule has 0 aliphatic carbocycles. The van der Waals surface area contributed by atoms with Crippen LogP contribution in [0.2, 0.25) is 0 Å². The highest BCUT2D eigenvalue weighted by atomic mass is 16.2. The number of Topliss-reactive ketones (excluding diaryl/α,β-unsaturated/α-hetero) is 1. The van der Waals surface area contributed by atoms with Crippen LogP contribution in [0.5, 0.6) is 0 Å². The molecule has 1 fully saturated rings. The van der Waals surface area contributed by atoms with E-state index in [4.69, 9.17) is 0 Å². The summed E-state index contributed by atoms with van der Waals surface area (Å²) in [6, 6.07) is 4.02. The third-order valence-electron chi connectivity index (χ3n) is 4.04. The fourth-order valence-corrected chi connectivity index (χ4v) is 2.49. The Morgan fingerprint density at radius 1 is 1.10 bits per heavy atom. The Labute approximate surface area is 120 Å². The lowest BCUT2D eigenvalue weighted by Crippen LogP contribution is -2.49. The Kier molecular flexibility index (Phi) is 4.23. The molecule has 1 aromatic rings. The zero-order valence-electron chi connectivity index (χ0n) is 12.7. The monoisotopic (exact) mass is 274 g/mol. The van der Waals surface area contributed by atoms with Gasteiger partial charge in [0.15, 0.2) is 5.78 Å². The van der Waals surface area contributed by atoms with Gasteiger partial charge in [-0.3, -0.25) is 14.5 Å². The summed E-state index contributed by atoms with van der Waals surface area (Å²) in [7, 11) is 1.80. The van der Waals surface area contributed by atoms with Gasteiger partial charge in [0.2, 0.25) is 5.91 Å². The van der Waals surface area contributed by atoms with Gasteiger partial charge in [0, 0.05) is 25.7 Å². The molecule has 0 unspecified atom stereocenters. The first-order valence-electron chi connectivity index (χ1n) is 6.96. The third-order valence-corrected chi connectivity index (χ3v) is 4.04. The molecular weight excluding hydrogens is 252 g/mol. The van der Waals surface area contributed by atoms with Crippen LogP contribution in [0.1, 0.15) is 27.0 Å². The van der Waals surface area contributed by atoms with Gasteiger partial charge in [-0.15, -0.1) is 0 Å². The molecule has 4 nitrogen and oxygen atoms in total. The average Bonchev–Trinajstić information content (AvgIpc) is 2.38. The first kappa shape index (κ1) is 14.7. The lowest BCUT2D eigenvalue weighted by Gasteiger charge is -2.31. The van der Waals surface area contributed by atoms with E-state index in [0.717, 1.165) is 23.2 Å². The van der Waals surface area contributed by atoms with E-state index in [2.05, 4.69) is 13.0 Å². The molecule has 0 saturated carbocycles. The summed E-state index contributed by atoms with van der Waals surface area (Å²) in [6.07, 6.45) is 0.